The van der Waals surface area contributed by atoms with E-state index in [1.54, 1.807) is 18.3 Å². The molecule has 3 rings (SSSR count). The molecule has 2 aromatic heterocycles. The number of carbonyl (C=O) groups excluding carboxylic acids is 1. The van der Waals surface area contributed by atoms with E-state index in [2.05, 4.69) is 20.6 Å². The maximum Gasteiger partial charge on any atom is 0.268 e. The number of nitrogens with one attached hydrogen (secondary N) is 3. The number of hydrogen-bond donors (Lipinski definition) is 5. The zero-order chi connectivity index (χ0) is 22.4. The smallest absolute Gasteiger partial charge is 0.268 e. The fourth-order valence-corrected chi connectivity index (χ4v) is 3.48. The molecule has 0 spiro atoms. The minimum atomic E-state index is -0.510. The SMILES string of the molecule is CC[C@@H](CO)Nc1cc(-c2c[nH]c(C(=O)N[C@H](CO)c3cccc(C)c3)c2)c(Cl)cn1. The first-order valence-corrected chi connectivity index (χ1v) is 10.5. The number of pyridine rings is 1. The van der Waals surface area contributed by atoms with Crippen LogP contribution in [-0.2, 0) is 0 Å². The van der Waals surface area contributed by atoms with Crippen LogP contribution in [0.5, 0.6) is 0 Å². The summed E-state index contributed by atoms with van der Waals surface area (Å²) in [5.41, 5.74) is 3.68. The standard InChI is InChI=1S/C23H27ClN4O3/c1-3-17(12-29)27-22-9-18(19(24)11-26-22)16-8-20(25-10-16)23(31)28-21(13-30)15-6-4-5-14(2)7-15/h4-11,17,21,25,29-30H,3,12-13H2,1-2H3,(H,26,27)(H,28,31)/t17-,21+/m0/s1. The lowest BCUT2D eigenvalue weighted by atomic mass is 10.0. The van der Waals surface area contributed by atoms with E-state index in [0.29, 0.717) is 22.1 Å². The number of nitrogens with zero attached hydrogens (tertiary/aromatic N) is 1. The first-order chi connectivity index (χ1) is 14.9. The second kappa shape index (κ2) is 10.4. The van der Waals surface area contributed by atoms with Crippen molar-refractivity contribution in [3.63, 3.8) is 0 Å². The summed E-state index contributed by atoms with van der Waals surface area (Å²) in [6, 6.07) is 10.5. The predicted molar refractivity (Wildman–Crippen MR) is 122 cm³/mol. The number of aromatic amines is 1. The van der Waals surface area contributed by atoms with Crippen molar-refractivity contribution in [2.24, 2.45) is 0 Å². The van der Waals surface area contributed by atoms with Crippen molar-refractivity contribution in [1.29, 1.82) is 0 Å². The van der Waals surface area contributed by atoms with Crippen molar-refractivity contribution in [3.05, 3.63) is 70.6 Å². The highest BCUT2D eigenvalue weighted by atomic mass is 35.5. The molecule has 0 fully saturated rings. The third-order valence-corrected chi connectivity index (χ3v) is 5.39. The lowest BCUT2D eigenvalue weighted by Gasteiger charge is -2.16. The summed E-state index contributed by atoms with van der Waals surface area (Å²) in [5.74, 6) is 0.258. The van der Waals surface area contributed by atoms with Gasteiger partial charge in [0.05, 0.1) is 30.3 Å². The molecule has 0 saturated heterocycles. The Hall–Kier alpha value is -2.87. The van der Waals surface area contributed by atoms with E-state index in [-0.39, 0.29) is 25.2 Å². The van der Waals surface area contributed by atoms with Crippen LogP contribution in [0, 0.1) is 6.92 Å². The van der Waals surface area contributed by atoms with Gasteiger partial charge in [0.1, 0.15) is 11.5 Å². The molecule has 0 radical (unpaired) electrons. The Morgan fingerprint density at radius 2 is 2.03 bits per heavy atom. The van der Waals surface area contributed by atoms with Gasteiger partial charge in [-0.1, -0.05) is 48.4 Å². The molecule has 0 aliphatic rings. The normalized spacial score (nSPS) is 12.9. The summed E-state index contributed by atoms with van der Waals surface area (Å²) in [5, 5.41) is 25.6. The second-order valence-electron chi connectivity index (χ2n) is 7.41. The number of carbonyl (C=O) groups is 1. The average Bonchev–Trinajstić information content (AvgIpc) is 3.27. The summed E-state index contributed by atoms with van der Waals surface area (Å²) in [7, 11) is 0. The van der Waals surface area contributed by atoms with Crippen molar-refractivity contribution < 1.29 is 15.0 Å². The number of aryl methyl sites for hydroxylation is 1. The Balaban J connectivity index is 1.78. The Bertz CT molecular complexity index is 1030. The van der Waals surface area contributed by atoms with Crippen molar-refractivity contribution >= 4 is 23.3 Å². The van der Waals surface area contributed by atoms with E-state index < -0.39 is 6.04 Å². The predicted octanol–water partition coefficient (Wildman–Crippen LogP) is 3.68. The molecular formula is C23H27ClN4O3. The molecular weight excluding hydrogens is 416 g/mol. The summed E-state index contributed by atoms with van der Waals surface area (Å²) in [6.45, 7) is 3.72. The molecule has 164 valence electrons. The maximum atomic E-state index is 12.8. The van der Waals surface area contributed by atoms with Gasteiger partial charge in [0.15, 0.2) is 0 Å². The number of benzene rings is 1. The molecule has 5 N–H and O–H groups in total. The van der Waals surface area contributed by atoms with Gasteiger partial charge in [-0.3, -0.25) is 4.79 Å². The molecule has 1 amide bonds. The zero-order valence-corrected chi connectivity index (χ0v) is 18.3. The highest BCUT2D eigenvalue weighted by molar-refractivity contribution is 6.33. The van der Waals surface area contributed by atoms with E-state index in [4.69, 9.17) is 11.6 Å². The fraction of sp³-hybridized carbons (Fsp3) is 0.304. The molecule has 0 saturated carbocycles. The van der Waals surface area contributed by atoms with Crippen LogP contribution >= 0.6 is 11.6 Å². The van der Waals surface area contributed by atoms with Crippen LogP contribution in [0.1, 0.15) is 41.0 Å². The molecule has 0 aliphatic heterocycles. The Kier molecular flexibility index (Phi) is 7.68. The molecule has 0 unspecified atom stereocenters. The molecule has 3 aromatic rings. The Morgan fingerprint density at radius 1 is 1.23 bits per heavy atom. The number of anilines is 1. The lowest BCUT2D eigenvalue weighted by molar-refractivity contribution is 0.0911. The first kappa shape index (κ1) is 22.8. The fourth-order valence-electron chi connectivity index (χ4n) is 3.26. The van der Waals surface area contributed by atoms with Gasteiger partial charge in [-0.2, -0.15) is 0 Å². The van der Waals surface area contributed by atoms with Crippen LogP contribution in [0.25, 0.3) is 11.1 Å². The minimum absolute atomic E-state index is 0.00240. The molecule has 2 heterocycles. The van der Waals surface area contributed by atoms with E-state index in [0.717, 1.165) is 23.1 Å². The van der Waals surface area contributed by atoms with Crippen LogP contribution in [0.4, 0.5) is 5.82 Å². The van der Waals surface area contributed by atoms with Crippen molar-refractivity contribution in [1.82, 2.24) is 15.3 Å². The highest BCUT2D eigenvalue weighted by Crippen LogP contribution is 2.30. The summed E-state index contributed by atoms with van der Waals surface area (Å²) >= 11 is 6.34. The minimum Gasteiger partial charge on any atom is -0.394 e. The van der Waals surface area contributed by atoms with Crippen molar-refractivity contribution in [2.45, 2.75) is 32.4 Å². The Morgan fingerprint density at radius 3 is 2.71 bits per heavy atom. The van der Waals surface area contributed by atoms with Crippen molar-refractivity contribution in [2.75, 3.05) is 18.5 Å². The number of aliphatic hydroxyl groups is 2. The third-order valence-electron chi connectivity index (χ3n) is 5.09. The summed E-state index contributed by atoms with van der Waals surface area (Å²) in [4.78, 5) is 20.0. The van der Waals surface area contributed by atoms with Crippen LogP contribution in [0.2, 0.25) is 5.02 Å². The molecule has 0 aliphatic carbocycles. The zero-order valence-electron chi connectivity index (χ0n) is 17.5. The van der Waals surface area contributed by atoms with Gasteiger partial charge in [-0.25, -0.2) is 4.98 Å². The van der Waals surface area contributed by atoms with E-state index in [1.165, 1.54) is 6.20 Å². The van der Waals surface area contributed by atoms with Gasteiger partial charge >= 0.3 is 0 Å². The van der Waals surface area contributed by atoms with Crippen LogP contribution in [0.15, 0.2) is 48.8 Å². The van der Waals surface area contributed by atoms with Gasteiger partial charge in [0.25, 0.3) is 5.91 Å². The number of halogens is 1. The number of H-pyrrole nitrogens is 1. The van der Waals surface area contributed by atoms with Crippen LogP contribution in [0.3, 0.4) is 0 Å². The number of amides is 1. The molecule has 31 heavy (non-hydrogen) atoms. The van der Waals surface area contributed by atoms with E-state index in [9.17, 15) is 15.0 Å². The topological polar surface area (TPSA) is 110 Å². The van der Waals surface area contributed by atoms with Gasteiger partial charge in [0, 0.05) is 23.5 Å². The summed E-state index contributed by atoms with van der Waals surface area (Å²) < 4.78 is 0. The quantitative estimate of drug-likeness (QED) is 0.347. The number of aliphatic hydroxyl groups excluding tert-OH is 2. The van der Waals surface area contributed by atoms with Crippen molar-refractivity contribution in [3.8, 4) is 11.1 Å². The first-order valence-electron chi connectivity index (χ1n) is 10.1. The monoisotopic (exact) mass is 442 g/mol. The van der Waals surface area contributed by atoms with Gasteiger partial charge in [-0.15, -0.1) is 0 Å². The second-order valence-corrected chi connectivity index (χ2v) is 7.81. The molecule has 0 bridgehead atoms. The van der Waals surface area contributed by atoms with E-state index >= 15 is 0 Å². The molecule has 8 heteroatoms. The molecule has 1 aromatic carbocycles. The van der Waals surface area contributed by atoms with Gasteiger partial charge in [0.2, 0.25) is 0 Å². The molecule has 7 nitrogen and oxygen atoms in total. The lowest BCUT2D eigenvalue weighted by Crippen LogP contribution is -2.31. The number of aromatic nitrogens is 2. The largest absolute Gasteiger partial charge is 0.394 e. The third kappa shape index (κ3) is 5.64. The number of rotatable bonds is 9. The number of hydrogen-bond acceptors (Lipinski definition) is 5. The Labute approximate surface area is 186 Å². The van der Waals surface area contributed by atoms with Gasteiger partial charge in [-0.05, 0) is 31.0 Å². The van der Waals surface area contributed by atoms with Crippen LogP contribution < -0.4 is 10.6 Å². The highest BCUT2D eigenvalue weighted by Gasteiger charge is 2.18. The van der Waals surface area contributed by atoms with Crippen LogP contribution in [-0.4, -0.2) is 45.3 Å². The average molecular weight is 443 g/mol. The maximum absolute atomic E-state index is 12.8. The molecule has 2 atom stereocenters. The van der Waals surface area contributed by atoms with Gasteiger partial charge < -0.3 is 25.8 Å². The van der Waals surface area contributed by atoms with E-state index in [1.807, 2.05) is 38.1 Å². The summed E-state index contributed by atoms with van der Waals surface area (Å²) in [6.07, 6.45) is 3.98.